The summed E-state index contributed by atoms with van der Waals surface area (Å²) in [5, 5.41) is 0. The quantitative estimate of drug-likeness (QED) is 0.449. The van der Waals surface area contributed by atoms with Crippen LogP contribution >= 0.6 is 0 Å². The van der Waals surface area contributed by atoms with Crippen LogP contribution in [-0.2, 0) is 19.1 Å². The molecule has 7 nitrogen and oxygen atoms in total. The third-order valence-electron chi connectivity index (χ3n) is 4.15. The number of cyclic esters (lactones) is 1. The highest BCUT2D eigenvalue weighted by Crippen LogP contribution is 2.30. The Balaban J connectivity index is 1.94. The number of aliphatic imine (C=N–C) groups is 1. The number of carbonyl (C=O) groups is 3. The van der Waals surface area contributed by atoms with Gasteiger partial charge in [0.25, 0.3) is 0 Å². The molecule has 0 unspecified atom stereocenters. The van der Waals surface area contributed by atoms with Crippen LogP contribution in [0.5, 0.6) is 11.5 Å². The zero-order valence-corrected chi connectivity index (χ0v) is 16.4. The van der Waals surface area contributed by atoms with Crippen molar-refractivity contribution in [2.45, 2.75) is 27.7 Å². The van der Waals surface area contributed by atoms with Crippen LogP contribution in [0.1, 0.15) is 36.1 Å². The van der Waals surface area contributed by atoms with E-state index in [4.69, 9.17) is 14.2 Å². The smallest absolute Gasteiger partial charge is 0.363 e. The van der Waals surface area contributed by atoms with Crippen molar-refractivity contribution in [3.8, 4) is 11.5 Å². The molecule has 7 heteroatoms. The van der Waals surface area contributed by atoms with Crippen molar-refractivity contribution in [1.29, 1.82) is 0 Å². The number of nitrogens with zero attached hydrogens (tertiary/aromatic N) is 1. The molecule has 0 bridgehead atoms. The van der Waals surface area contributed by atoms with Crippen molar-refractivity contribution in [1.82, 2.24) is 0 Å². The lowest BCUT2D eigenvalue weighted by molar-refractivity contribution is -0.134. The van der Waals surface area contributed by atoms with Crippen LogP contribution in [0.25, 0.3) is 6.08 Å². The maximum atomic E-state index is 12.2. The number of hydrogen-bond acceptors (Lipinski definition) is 7. The third-order valence-corrected chi connectivity index (χ3v) is 4.15. The number of aryl methyl sites for hydroxylation is 2. The van der Waals surface area contributed by atoms with Crippen LogP contribution < -0.4 is 9.47 Å². The van der Waals surface area contributed by atoms with Gasteiger partial charge in [0.1, 0.15) is 0 Å². The molecule has 2 aromatic rings. The van der Waals surface area contributed by atoms with E-state index in [1.54, 1.807) is 6.07 Å². The molecule has 0 N–H and O–H groups in total. The van der Waals surface area contributed by atoms with Crippen molar-refractivity contribution < 1.29 is 28.6 Å². The fourth-order valence-corrected chi connectivity index (χ4v) is 2.65. The fraction of sp³-hybridized carbons (Fsp3) is 0.182. The lowest BCUT2D eigenvalue weighted by atomic mass is 10.1. The summed E-state index contributed by atoms with van der Waals surface area (Å²) in [5.74, 6) is -1.32. The molecule has 148 valence electrons. The summed E-state index contributed by atoms with van der Waals surface area (Å²) in [6, 6.07) is 10.2. The summed E-state index contributed by atoms with van der Waals surface area (Å²) in [7, 11) is 0. The van der Waals surface area contributed by atoms with Gasteiger partial charge in [0.2, 0.25) is 5.90 Å². The highest BCUT2D eigenvalue weighted by atomic mass is 16.6. The van der Waals surface area contributed by atoms with Crippen molar-refractivity contribution in [2.24, 2.45) is 4.99 Å². The average molecular weight is 393 g/mol. The molecule has 0 saturated heterocycles. The number of hydrogen-bond donors (Lipinski definition) is 0. The second-order valence-electron chi connectivity index (χ2n) is 6.53. The van der Waals surface area contributed by atoms with Gasteiger partial charge in [-0.3, -0.25) is 9.59 Å². The van der Waals surface area contributed by atoms with Gasteiger partial charge in [-0.25, -0.2) is 9.79 Å². The van der Waals surface area contributed by atoms with Crippen LogP contribution in [0.3, 0.4) is 0 Å². The maximum Gasteiger partial charge on any atom is 0.363 e. The zero-order chi connectivity index (χ0) is 21.1. The number of ether oxygens (including phenoxy) is 3. The SMILES string of the molecule is CC(=O)Oc1ccc(/C=C2\N=C(c3ccc(C)c(C)c3)OC2=O)cc1OC(C)=O. The molecule has 0 spiro atoms. The Morgan fingerprint density at radius 1 is 0.931 bits per heavy atom. The van der Waals surface area contributed by atoms with Gasteiger partial charge < -0.3 is 14.2 Å². The Labute approximate surface area is 167 Å². The monoisotopic (exact) mass is 393 g/mol. The lowest BCUT2D eigenvalue weighted by Crippen LogP contribution is -2.07. The van der Waals surface area contributed by atoms with Gasteiger partial charge >= 0.3 is 17.9 Å². The standard InChI is InChI=1S/C22H19NO6/c1-12-5-7-17(9-13(12)2)21-23-18(22(26)29-21)10-16-6-8-19(27-14(3)24)20(11-16)28-15(4)25/h5-11H,1-4H3/b18-10-. The molecule has 29 heavy (non-hydrogen) atoms. The molecule has 2 aromatic carbocycles. The van der Waals surface area contributed by atoms with Crippen molar-refractivity contribution in [3.05, 3.63) is 64.3 Å². The summed E-state index contributed by atoms with van der Waals surface area (Å²) in [5.41, 5.74) is 3.52. The van der Waals surface area contributed by atoms with E-state index in [9.17, 15) is 14.4 Å². The van der Waals surface area contributed by atoms with E-state index in [0.717, 1.165) is 11.1 Å². The van der Waals surface area contributed by atoms with E-state index < -0.39 is 17.9 Å². The number of carbonyl (C=O) groups excluding carboxylic acids is 3. The molecule has 3 rings (SSSR count). The van der Waals surface area contributed by atoms with Gasteiger partial charge in [-0.1, -0.05) is 12.1 Å². The van der Waals surface area contributed by atoms with Gasteiger partial charge in [0, 0.05) is 19.4 Å². The highest BCUT2D eigenvalue weighted by Gasteiger charge is 2.24. The molecule has 0 atom stereocenters. The summed E-state index contributed by atoms with van der Waals surface area (Å²) >= 11 is 0. The first-order chi connectivity index (χ1) is 13.7. The van der Waals surface area contributed by atoms with E-state index in [-0.39, 0.29) is 23.1 Å². The molecular weight excluding hydrogens is 374 g/mol. The van der Waals surface area contributed by atoms with Gasteiger partial charge in [-0.05, 0) is 60.9 Å². The van der Waals surface area contributed by atoms with Gasteiger partial charge in [-0.15, -0.1) is 0 Å². The predicted molar refractivity (Wildman–Crippen MR) is 106 cm³/mol. The summed E-state index contributed by atoms with van der Waals surface area (Å²) in [6.07, 6.45) is 1.50. The number of benzene rings is 2. The summed E-state index contributed by atoms with van der Waals surface area (Å²) in [4.78, 5) is 39.1. The fourth-order valence-electron chi connectivity index (χ4n) is 2.65. The Morgan fingerprint density at radius 3 is 2.28 bits per heavy atom. The minimum atomic E-state index is -0.587. The van der Waals surface area contributed by atoms with Crippen LogP contribution in [-0.4, -0.2) is 23.8 Å². The van der Waals surface area contributed by atoms with E-state index in [1.807, 2.05) is 32.0 Å². The molecule has 0 fully saturated rings. The van der Waals surface area contributed by atoms with Gasteiger partial charge in [0.15, 0.2) is 17.2 Å². The average Bonchev–Trinajstić information content (AvgIpc) is 2.99. The largest absolute Gasteiger partial charge is 0.423 e. The van der Waals surface area contributed by atoms with Gasteiger partial charge in [-0.2, -0.15) is 0 Å². The van der Waals surface area contributed by atoms with E-state index in [0.29, 0.717) is 11.1 Å². The van der Waals surface area contributed by atoms with Crippen LogP contribution in [0, 0.1) is 13.8 Å². The molecule has 1 heterocycles. The van der Waals surface area contributed by atoms with Crippen molar-refractivity contribution in [2.75, 3.05) is 0 Å². The highest BCUT2D eigenvalue weighted by molar-refractivity contribution is 6.13. The molecule has 0 amide bonds. The second kappa shape index (κ2) is 8.10. The first-order valence-corrected chi connectivity index (χ1v) is 8.84. The van der Waals surface area contributed by atoms with Gasteiger partial charge in [0.05, 0.1) is 0 Å². The Morgan fingerprint density at radius 2 is 1.62 bits per heavy atom. The Hall–Kier alpha value is -3.74. The van der Waals surface area contributed by atoms with E-state index >= 15 is 0 Å². The summed E-state index contributed by atoms with van der Waals surface area (Å²) in [6.45, 7) is 6.43. The van der Waals surface area contributed by atoms with Crippen molar-refractivity contribution in [3.63, 3.8) is 0 Å². The molecule has 0 aromatic heterocycles. The minimum Gasteiger partial charge on any atom is -0.423 e. The van der Waals surface area contributed by atoms with E-state index in [1.165, 1.54) is 32.1 Å². The van der Waals surface area contributed by atoms with Crippen LogP contribution in [0.2, 0.25) is 0 Å². The molecule has 0 aliphatic carbocycles. The molecular formula is C22H19NO6. The minimum absolute atomic E-state index is 0.0618. The molecule has 0 radical (unpaired) electrons. The van der Waals surface area contributed by atoms with Crippen LogP contribution in [0.15, 0.2) is 47.1 Å². The van der Waals surface area contributed by atoms with Crippen LogP contribution in [0.4, 0.5) is 0 Å². The lowest BCUT2D eigenvalue weighted by Gasteiger charge is -2.09. The summed E-state index contributed by atoms with van der Waals surface area (Å²) < 4.78 is 15.4. The Kier molecular flexibility index (Phi) is 5.59. The first kappa shape index (κ1) is 20.0. The van der Waals surface area contributed by atoms with Crippen molar-refractivity contribution >= 4 is 29.9 Å². The topological polar surface area (TPSA) is 91.3 Å². The maximum absolute atomic E-state index is 12.2. The number of rotatable bonds is 4. The molecule has 1 aliphatic rings. The van der Waals surface area contributed by atoms with E-state index in [2.05, 4.69) is 4.99 Å². The second-order valence-corrected chi connectivity index (χ2v) is 6.53. The first-order valence-electron chi connectivity index (χ1n) is 8.84. The zero-order valence-electron chi connectivity index (χ0n) is 16.4. The predicted octanol–water partition coefficient (Wildman–Crippen LogP) is 3.50. The molecule has 1 aliphatic heterocycles. The number of esters is 3. The Bertz CT molecular complexity index is 1080. The normalized spacial score (nSPS) is 14.4. The third kappa shape index (κ3) is 4.76. The molecule has 0 saturated carbocycles.